The van der Waals surface area contributed by atoms with Crippen molar-refractivity contribution in [2.24, 2.45) is 12.8 Å². The van der Waals surface area contributed by atoms with Crippen LogP contribution in [0.15, 0.2) is 6.20 Å². The highest BCUT2D eigenvalue weighted by atomic mass is 35.5. The Labute approximate surface area is 80.1 Å². The first-order chi connectivity index (χ1) is 6.02. The van der Waals surface area contributed by atoms with Gasteiger partial charge >= 0.3 is 5.97 Å². The molecule has 0 unspecified atom stereocenters. The van der Waals surface area contributed by atoms with Crippen LogP contribution in [0.1, 0.15) is 18.0 Å². The summed E-state index contributed by atoms with van der Waals surface area (Å²) in [6.45, 7) is 0. The lowest BCUT2D eigenvalue weighted by Gasteiger charge is -2.06. The topological polar surface area (TPSA) is 81.1 Å². The lowest BCUT2D eigenvalue weighted by molar-refractivity contribution is -0.137. The van der Waals surface area contributed by atoms with Gasteiger partial charge in [0.2, 0.25) is 0 Å². The lowest BCUT2D eigenvalue weighted by atomic mass is 10.1. The SMILES string of the molecule is Cn1ncc([C@H](N)CC(=O)O)c1Cl. The number of hydrogen-bond donors (Lipinski definition) is 2. The highest BCUT2D eigenvalue weighted by Gasteiger charge is 2.16. The smallest absolute Gasteiger partial charge is 0.305 e. The van der Waals surface area contributed by atoms with Crippen LogP contribution in [0.25, 0.3) is 0 Å². The number of hydrogen-bond acceptors (Lipinski definition) is 3. The molecule has 0 radical (unpaired) electrons. The van der Waals surface area contributed by atoms with Crippen LogP contribution in [-0.2, 0) is 11.8 Å². The zero-order valence-corrected chi connectivity index (χ0v) is 7.82. The highest BCUT2D eigenvalue weighted by molar-refractivity contribution is 6.30. The van der Waals surface area contributed by atoms with Gasteiger partial charge < -0.3 is 10.8 Å². The minimum absolute atomic E-state index is 0.147. The Morgan fingerprint density at radius 3 is 2.92 bits per heavy atom. The number of rotatable bonds is 3. The summed E-state index contributed by atoms with van der Waals surface area (Å²) in [5.41, 5.74) is 6.15. The quantitative estimate of drug-likeness (QED) is 0.752. The molecule has 72 valence electrons. The van der Waals surface area contributed by atoms with Crippen LogP contribution in [0.4, 0.5) is 0 Å². The number of nitrogens with zero attached hydrogens (tertiary/aromatic N) is 2. The maximum Gasteiger partial charge on any atom is 0.305 e. The molecule has 1 atom stereocenters. The van der Waals surface area contributed by atoms with Crippen molar-refractivity contribution < 1.29 is 9.90 Å². The largest absolute Gasteiger partial charge is 0.481 e. The molecule has 0 aliphatic heterocycles. The summed E-state index contributed by atoms with van der Waals surface area (Å²) in [5, 5.41) is 12.7. The maximum absolute atomic E-state index is 10.4. The fourth-order valence-electron chi connectivity index (χ4n) is 0.986. The highest BCUT2D eigenvalue weighted by Crippen LogP contribution is 2.22. The van der Waals surface area contributed by atoms with Gasteiger partial charge in [-0.1, -0.05) is 11.6 Å². The minimum atomic E-state index is -0.951. The molecule has 0 saturated heterocycles. The van der Waals surface area contributed by atoms with Crippen LogP contribution in [0, 0.1) is 0 Å². The molecule has 0 saturated carbocycles. The predicted octanol–water partition coefficient (Wildman–Crippen LogP) is 0.548. The molecule has 0 aromatic carbocycles. The Kier molecular flexibility index (Phi) is 2.90. The summed E-state index contributed by atoms with van der Waals surface area (Å²) in [7, 11) is 1.67. The molecule has 1 heterocycles. The molecule has 0 aliphatic rings. The summed E-state index contributed by atoms with van der Waals surface area (Å²) < 4.78 is 1.44. The first kappa shape index (κ1) is 10.0. The van der Waals surface area contributed by atoms with Gasteiger partial charge in [0, 0.05) is 18.7 Å². The van der Waals surface area contributed by atoms with Gasteiger partial charge in [-0.15, -0.1) is 0 Å². The molecule has 1 aromatic heterocycles. The number of aryl methyl sites for hydroxylation is 1. The van der Waals surface area contributed by atoms with E-state index in [4.69, 9.17) is 22.4 Å². The van der Waals surface area contributed by atoms with Gasteiger partial charge in [-0.2, -0.15) is 5.10 Å². The monoisotopic (exact) mass is 203 g/mol. The number of carboxylic acids is 1. The van der Waals surface area contributed by atoms with Gasteiger partial charge in [0.1, 0.15) is 5.15 Å². The zero-order chi connectivity index (χ0) is 10.0. The molecule has 0 spiro atoms. The van der Waals surface area contributed by atoms with Gasteiger partial charge in [-0.05, 0) is 0 Å². The fourth-order valence-corrected chi connectivity index (χ4v) is 1.22. The number of halogens is 1. The number of carboxylic acid groups (broad SMARTS) is 1. The molecule has 0 aliphatic carbocycles. The van der Waals surface area contributed by atoms with Gasteiger partial charge in [0.25, 0.3) is 0 Å². The van der Waals surface area contributed by atoms with E-state index in [-0.39, 0.29) is 6.42 Å². The van der Waals surface area contributed by atoms with E-state index in [0.29, 0.717) is 10.7 Å². The third kappa shape index (κ3) is 2.19. The predicted molar refractivity (Wildman–Crippen MR) is 47.4 cm³/mol. The number of aromatic nitrogens is 2. The van der Waals surface area contributed by atoms with Crippen LogP contribution in [0.2, 0.25) is 5.15 Å². The van der Waals surface area contributed by atoms with E-state index in [0.717, 1.165) is 0 Å². The second kappa shape index (κ2) is 3.76. The first-order valence-electron chi connectivity index (χ1n) is 3.67. The zero-order valence-electron chi connectivity index (χ0n) is 7.07. The molecule has 5 nitrogen and oxygen atoms in total. The van der Waals surface area contributed by atoms with Crippen molar-refractivity contribution in [2.45, 2.75) is 12.5 Å². The van der Waals surface area contributed by atoms with Crippen molar-refractivity contribution in [2.75, 3.05) is 0 Å². The van der Waals surface area contributed by atoms with Crippen molar-refractivity contribution in [1.82, 2.24) is 9.78 Å². The van der Waals surface area contributed by atoms with E-state index in [1.54, 1.807) is 7.05 Å². The molecule has 1 rings (SSSR count). The van der Waals surface area contributed by atoms with Crippen LogP contribution in [0.5, 0.6) is 0 Å². The summed E-state index contributed by atoms with van der Waals surface area (Å²) in [5.74, 6) is -0.951. The van der Waals surface area contributed by atoms with Crippen molar-refractivity contribution in [1.29, 1.82) is 0 Å². The van der Waals surface area contributed by atoms with E-state index in [1.807, 2.05) is 0 Å². The molecule has 1 aromatic rings. The number of aliphatic carboxylic acids is 1. The number of carbonyl (C=O) groups is 1. The minimum Gasteiger partial charge on any atom is -0.481 e. The van der Waals surface area contributed by atoms with Gasteiger partial charge in [-0.25, -0.2) is 0 Å². The van der Waals surface area contributed by atoms with Crippen LogP contribution in [-0.4, -0.2) is 20.9 Å². The fraction of sp³-hybridized carbons (Fsp3) is 0.429. The van der Waals surface area contributed by atoms with Crippen LogP contribution in [0.3, 0.4) is 0 Å². The summed E-state index contributed by atoms with van der Waals surface area (Å²) in [6.07, 6.45) is 1.33. The molecular formula is C7H10ClN3O2. The standard InChI is InChI=1S/C7H10ClN3O2/c1-11-7(8)4(3-10-11)5(9)2-6(12)13/h3,5H,2,9H2,1H3,(H,12,13)/t5-/m1/s1. The van der Waals surface area contributed by atoms with Gasteiger partial charge in [-0.3, -0.25) is 9.48 Å². The number of nitrogens with two attached hydrogens (primary N) is 1. The summed E-state index contributed by atoms with van der Waals surface area (Å²) >= 11 is 5.81. The Hall–Kier alpha value is -1.07. The molecule has 3 N–H and O–H groups in total. The van der Waals surface area contributed by atoms with Crippen molar-refractivity contribution >= 4 is 17.6 Å². The first-order valence-corrected chi connectivity index (χ1v) is 4.05. The summed E-state index contributed by atoms with van der Waals surface area (Å²) in [6, 6.07) is -0.598. The van der Waals surface area contributed by atoms with E-state index in [1.165, 1.54) is 10.9 Å². The molecule has 0 amide bonds. The molecule has 0 fully saturated rings. The second-order valence-corrected chi connectivity index (χ2v) is 3.08. The molecule has 0 bridgehead atoms. The van der Waals surface area contributed by atoms with Crippen molar-refractivity contribution in [3.8, 4) is 0 Å². The third-order valence-electron chi connectivity index (χ3n) is 1.69. The van der Waals surface area contributed by atoms with E-state index < -0.39 is 12.0 Å². The Balaban J connectivity index is 2.82. The second-order valence-electron chi connectivity index (χ2n) is 2.72. The van der Waals surface area contributed by atoms with Crippen molar-refractivity contribution in [3.05, 3.63) is 16.9 Å². The average Bonchev–Trinajstić information content (AvgIpc) is 2.31. The van der Waals surface area contributed by atoms with Crippen molar-refractivity contribution in [3.63, 3.8) is 0 Å². The normalized spacial score (nSPS) is 12.8. The molecule has 6 heteroatoms. The maximum atomic E-state index is 10.4. The molecule has 13 heavy (non-hydrogen) atoms. The summed E-state index contributed by atoms with van der Waals surface area (Å²) in [4.78, 5) is 10.4. The Bertz CT molecular complexity index is 324. The van der Waals surface area contributed by atoms with Gasteiger partial charge in [0.15, 0.2) is 0 Å². The average molecular weight is 204 g/mol. The lowest BCUT2D eigenvalue weighted by Crippen LogP contribution is -2.14. The van der Waals surface area contributed by atoms with E-state index >= 15 is 0 Å². The van der Waals surface area contributed by atoms with Gasteiger partial charge in [0.05, 0.1) is 12.6 Å². The van der Waals surface area contributed by atoms with E-state index in [9.17, 15) is 4.79 Å². The Morgan fingerprint density at radius 1 is 1.92 bits per heavy atom. The molecular weight excluding hydrogens is 194 g/mol. The van der Waals surface area contributed by atoms with E-state index in [2.05, 4.69) is 5.10 Å². The van der Waals surface area contributed by atoms with Crippen LogP contribution < -0.4 is 5.73 Å². The third-order valence-corrected chi connectivity index (χ3v) is 2.15. The van der Waals surface area contributed by atoms with Crippen LogP contribution >= 0.6 is 11.6 Å². The Morgan fingerprint density at radius 2 is 2.54 bits per heavy atom.